The van der Waals surface area contributed by atoms with Gasteiger partial charge in [-0.2, -0.15) is 5.10 Å². The van der Waals surface area contributed by atoms with Gasteiger partial charge in [0, 0.05) is 56.3 Å². The molecule has 188 valence electrons. The topological polar surface area (TPSA) is 92.6 Å². The molecule has 1 aliphatic carbocycles. The van der Waals surface area contributed by atoms with E-state index in [1.165, 1.54) is 12.5 Å². The van der Waals surface area contributed by atoms with Crippen molar-refractivity contribution in [1.82, 2.24) is 24.6 Å². The van der Waals surface area contributed by atoms with Crippen LogP contribution in [0.2, 0.25) is 5.02 Å². The predicted octanol–water partition coefficient (Wildman–Crippen LogP) is 5.67. The number of imide groups is 1. The third-order valence-corrected chi connectivity index (χ3v) is 6.82. The van der Waals surface area contributed by atoms with Crippen LogP contribution in [0.15, 0.2) is 42.9 Å². The number of anilines is 1. The maximum atomic E-state index is 14.9. The largest absolute Gasteiger partial charge is 0.456 e. The second kappa shape index (κ2) is 10.1. The summed E-state index contributed by atoms with van der Waals surface area (Å²) in [5.74, 6) is -0.247. The molecule has 2 aliphatic rings. The molecule has 1 saturated heterocycles. The van der Waals surface area contributed by atoms with Gasteiger partial charge in [0.1, 0.15) is 11.5 Å². The lowest BCUT2D eigenvalue weighted by molar-refractivity contribution is 0.165. The van der Waals surface area contributed by atoms with Gasteiger partial charge in [-0.1, -0.05) is 30.9 Å². The van der Waals surface area contributed by atoms with Gasteiger partial charge in [0.2, 0.25) is 0 Å². The summed E-state index contributed by atoms with van der Waals surface area (Å²) in [5, 5.41) is 6.71. The molecule has 1 saturated carbocycles. The van der Waals surface area contributed by atoms with Crippen molar-refractivity contribution in [3.63, 3.8) is 0 Å². The third kappa shape index (κ3) is 4.99. The van der Waals surface area contributed by atoms with Crippen molar-refractivity contribution in [3.05, 3.63) is 53.7 Å². The van der Waals surface area contributed by atoms with Crippen molar-refractivity contribution >= 4 is 29.4 Å². The number of nitrogens with zero attached hydrogens (tertiary/aromatic N) is 5. The molecule has 3 aromatic rings. The Bertz CT molecular complexity index is 1290. The Morgan fingerprint density at radius 3 is 2.75 bits per heavy atom. The number of pyridine rings is 1. The molecule has 0 bridgehead atoms. The van der Waals surface area contributed by atoms with Crippen molar-refractivity contribution in [3.8, 4) is 22.8 Å². The summed E-state index contributed by atoms with van der Waals surface area (Å²) in [6, 6.07) is 4.83. The normalized spacial score (nSPS) is 16.5. The van der Waals surface area contributed by atoms with E-state index in [4.69, 9.17) is 16.3 Å². The third-order valence-electron chi connectivity index (χ3n) is 6.52. The molecule has 11 heteroatoms. The number of nitrogens with one attached hydrogen (secondary N) is 1. The van der Waals surface area contributed by atoms with Crippen molar-refractivity contribution in [1.29, 1.82) is 0 Å². The number of aryl methyl sites for hydroxylation is 1. The van der Waals surface area contributed by atoms with Gasteiger partial charge in [-0.15, -0.1) is 0 Å². The van der Waals surface area contributed by atoms with Gasteiger partial charge >= 0.3 is 12.1 Å². The zero-order valence-electron chi connectivity index (χ0n) is 19.8. The fraction of sp³-hybridized carbons (Fsp3) is 0.360. The number of carbonyl (C=O) groups excluding carboxylic acids is 2. The Hall–Kier alpha value is -3.66. The molecule has 36 heavy (non-hydrogen) atoms. The van der Waals surface area contributed by atoms with E-state index in [2.05, 4.69) is 15.4 Å². The first kappa shape index (κ1) is 24.1. The Morgan fingerprint density at radius 2 is 2.00 bits per heavy atom. The van der Waals surface area contributed by atoms with Crippen LogP contribution in [0.1, 0.15) is 32.1 Å². The molecule has 2 aromatic heterocycles. The van der Waals surface area contributed by atoms with Crippen molar-refractivity contribution in [2.24, 2.45) is 7.05 Å². The summed E-state index contributed by atoms with van der Waals surface area (Å²) in [5.41, 5.74) is 1.31. The van der Waals surface area contributed by atoms with Gasteiger partial charge in [-0.25, -0.2) is 18.9 Å². The van der Waals surface area contributed by atoms with Crippen LogP contribution in [0.25, 0.3) is 11.3 Å². The number of benzene rings is 1. The standard InChI is InChI=1S/C25H26ClFN6O3/c1-31-15-16(14-29-31)21-11-18(7-8-28-21)36-23-13-20(27)22(12-19(23)26)30-24(34)33-10-9-32(25(33)35)17-5-3-2-4-6-17/h7-8,11-15,17H,2-6,9-10H2,1H3,(H,30,34). The van der Waals surface area contributed by atoms with Crippen LogP contribution in [-0.4, -0.2) is 55.8 Å². The van der Waals surface area contributed by atoms with E-state index >= 15 is 0 Å². The average Bonchev–Trinajstić information content (AvgIpc) is 3.48. The van der Waals surface area contributed by atoms with E-state index in [1.54, 1.807) is 41.2 Å². The minimum atomic E-state index is -0.736. The van der Waals surface area contributed by atoms with Crippen LogP contribution in [0, 0.1) is 5.82 Å². The summed E-state index contributed by atoms with van der Waals surface area (Å²) in [4.78, 5) is 32.8. The number of carbonyl (C=O) groups is 2. The molecule has 0 unspecified atom stereocenters. The lowest BCUT2D eigenvalue weighted by Gasteiger charge is -2.30. The molecule has 0 spiro atoms. The van der Waals surface area contributed by atoms with Crippen molar-refractivity contribution in [2.45, 2.75) is 38.1 Å². The van der Waals surface area contributed by atoms with Gasteiger partial charge in [-0.3, -0.25) is 9.67 Å². The minimum Gasteiger partial charge on any atom is -0.456 e. The Balaban J connectivity index is 1.26. The minimum absolute atomic E-state index is 0.0798. The number of amides is 4. The zero-order valence-corrected chi connectivity index (χ0v) is 20.5. The average molecular weight is 513 g/mol. The lowest BCUT2D eigenvalue weighted by Crippen LogP contribution is -2.43. The quantitative estimate of drug-likeness (QED) is 0.475. The molecule has 1 aromatic carbocycles. The Morgan fingerprint density at radius 1 is 1.19 bits per heavy atom. The summed E-state index contributed by atoms with van der Waals surface area (Å²) < 4.78 is 22.4. The van der Waals surface area contributed by atoms with Crippen molar-refractivity contribution in [2.75, 3.05) is 18.4 Å². The molecule has 1 aliphatic heterocycles. The van der Waals surface area contributed by atoms with Gasteiger partial charge in [0.25, 0.3) is 0 Å². The fourth-order valence-corrected chi connectivity index (χ4v) is 4.87. The first-order valence-electron chi connectivity index (χ1n) is 11.9. The highest BCUT2D eigenvalue weighted by Gasteiger charge is 2.37. The molecule has 2 fully saturated rings. The van der Waals surface area contributed by atoms with Crippen LogP contribution in [0.3, 0.4) is 0 Å². The predicted molar refractivity (Wildman–Crippen MR) is 133 cm³/mol. The van der Waals surface area contributed by atoms with E-state index in [1.807, 2.05) is 6.20 Å². The van der Waals surface area contributed by atoms with E-state index < -0.39 is 11.8 Å². The molecule has 3 heterocycles. The number of hydrogen-bond acceptors (Lipinski definition) is 5. The number of aromatic nitrogens is 3. The summed E-state index contributed by atoms with van der Waals surface area (Å²) in [6.45, 7) is 0.749. The molecule has 1 N–H and O–H groups in total. The fourth-order valence-electron chi connectivity index (χ4n) is 4.67. The van der Waals surface area contributed by atoms with E-state index in [0.29, 0.717) is 18.0 Å². The maximum absolute atomic E-state index is 14.9. The smallest absolute Gasteiger partial charge is 0.330 e. The van der Waals surface area contributed by atoms with Gasteiger partial charge in [0.15, 0.2) is 5.82 Å². The second-order valence-corrected chi connectivity index (χ2v) is 9.40. The van der Waals surface area contributed by atoms with Gasteiger partial charge in [-0.05, 0) is 25.0 Å². The van der Waals surface area contributed by atoms with E-state index in [0.717, 1.165) is 42.2 Å². The first-order chi connectivity index (χ1) is 17.4. The number of ether oxygens (including phenoxy) is 1. The Kier molecular flexibility index (Phi) is 6.77. The molecular formula is C25H26ClFN6O3. The van der Waals surface area contributed by atoms with Gasteiger partial charge < -0.3 is 15.0 Å². The van der Waals surface area contributed by atoms with Crippen molar-refractivity contribution < 1.29 is 18.7 Å². The lowest BCUT2D eigenvalue weighted by atomic mass is 9.94. The highest BCUT2D eigenvalue weighted by atomic mass is 35.5. The monoisotopic (exact) mass is 512 g/mol. The summed E-state index contributed by atoms with van der Waals surface area (Å²) in [6.07, 6.45) is 10.3. The highest BCUT2D eigenvalue weighted by molar-refractivity contribution is 6.32. The number of hydrogen-bond donors (Lipinski definition) is 1. The number of urea groups is 2. The molecule has 5 rings (SSSR count). The Labute approximate surface area is 212 Å². The van der Waals surface area contributed by atoms with Crippen LogP contribution in [-0.2, 0) is 7.05 Å². The molecule has 9 nitrogen and oxygen atoms in total. The van der Waals surface area contributed by atoms with Crippen LogP contribution >= 0.6 is 11.6 Å². The zero-order chi connectivity index (χ0) is 25.2. The van der Waals surface area contributed by atoms with E-state index in [9.17, 15) is 14.0 Å². The SMILES string of the molecule is Cn1cc(-c2cc(Oc3cc(F)c(NC(=O)N4CCN(C5CCCCC5)C4=O)cc3Cl)ccn2)cn1. The second-order valence-electron chi connectivity index (χ2n) is 8.99. The van der Waals surface area contributed by atoms with Crippen LogP contribution < -0.4 is 10.1 Å². The molecular weight excluding hydrogens is 487 g/mol. The molecule has 0 radical (unpaired) electrons. The van der Waals surface area contributed by atoms with E-state index in [-0.39, 0.29) is 35.1 Å². The molecule has 0 atom stereocenters. The first-order valence-corrected chi connectivity index (χ1v) is 12.3. The number of halogens is 2. The van der Waals surface area contributed by atoms with Gasteiger partial charge in [0.05, 0.1) is 22.6 Å². The van der Waals surface area contributed by atoms with Crippen LogP contribution in [0.4, 0.5) is 19.7 Å². The molecule has 4 amide bonds. The van der Waals surface area contributed by atoms with Crippen LogP contribution in [0.5, 0.6) is 11.5 Å². The highest BCUT2D eigenvalue weighted by Crippen LogP contribution is 2.35. The number of rotatable bonds is 5. The summed E-state index contributed by atoms with van der Waals surface area (Å²) >= 11 is 6.35. The summed E-state index contributed by atoms with van der Waals surface area (Å²) in [7, 11) is 1.80. The maximum Gasteiger partial charge on any atom is 0.330 e.